The number of aromatic amines is 1. The number of likely N-dealkylation sites (tertiary alicyclic amines) is 1. The molecule has 122 valence electrons. The van der Waals surface area contributed by atoms with Crippen LogP contribution in [0.4, 0.5) is 0 Å². The molecule has 1 saturated heterocycles. The highest BCUT2D eigenvalue weighted by Gasteiger charge is 2.19. The van der Waals surface area contributed by atoms with Gasteiger partial charge in [-0.05, 0) is 32.8 Å². The number of rotatable bonds is 5. The van der Waals surface area contributed by atoms with E-state index in [1.807, 2.05) is 12.3 Å². The molecule has 3 heterocycles. The van der Waals surface area contributed by atoms with Crippen LogP contribution in [0.2, 0.25) is 0 Å². The van der Waals surface area contributed by atoms with Crippen molar-refractivity contribution in [3.63, 3.8) is 0 Å². The third-order valence-corrected chi connectivity index (χ3v) is 4.51. The maximum absolute atomic E-state index is 7.68. The minimum Gasteiger partial charge on any atom is -0.388 e. The first kappa shape index (κ1) is 15.7. The number of hydrogen-bond acceptors (Lipinski definition) is 5. The van der Waals surface area contributed by atoms with E-state index in [9.17, 15) is 0 Å². The predicted molar refractivity (Wildman–Crippen MR) is 93.5 cm³/mol. The van der Waals surface area contributed by atoms with Gasteiger partial charge in [-0.3, -0.25) is 10.1 Å². The maximum atomic E-state index is 7.68. The monoisotopic (exact) mass is 312 g/mol. The second-order valence-electron chi connectivity index (χ2n) is 6.34. The van der Waals surface area contributed by atoms with Gasteiger partial charge in [-0.2, -0.15) is 5.10 Å². The molecule has 0 spiro atoms. The second kappa shape index (κ2) is 6.91. The topological polar surface area (TPSA) is 80.7 Å². The van der Waals surface area contributed by atoms with Crippen LogP contribution in [-0.4, -0.2) is 51.5 Å². The lowest BCUT2D eigenvalue weighted by Gasteiger charge is -2.34. The Morgan fingerprint density at radius 3 is 2.87 bits per heavy atom. The number of nitrogens with zero attached hydrogens (tertiary/aromatic N) is 3. The molecule has 0 saturated carbocycles. The average molecular weight is 312 g/mol. The molecule has 0 atom stereocenters. The molecule has 0 unspecified atom stereocenters. The molecule has 1 fully saturated rings. The fourth-order valence-corrected chi connectivity index (χ4v) is 2.99. The Kier molecular flexibility index (Phi) is 4.71. The van der Waals surface area contributed by atoms with E-state index in [1.54, 1.807) is 12.4 Å². The summed E-state index contributed by atoms with van der Waals surface area (Å²) in [6, 6.07) is 3.08. The van der Waals surface area contributed by atoms with Gasteiger partial charge in [0.15, 0.2) is 0 Å². The van der Waals surface area contributed by atoms with Crippen LogP contribution in [0.5, 0.6) is 0 Å². The Hall–Kier alpha value is -2.21. The summed E-state index contributed by atoms with van der Waals surface area (Å²) in [6.07, 6.45) is 9.08. The molecular weight excluding hydrogens is 288 g/mol. The second-order valence-corrected chi connectivity index (χ2v) is 6.34. The lowest BCUT2D eigenvalue weighted by Crippen LogP contribution is -2.43. The summed E-state index contributed by atoms with van der Waals surface area (Å²) in [5.41, 5.74) is 3.48. The molecule has 2 aromatic rings. The normalized spacial score (nSPS) is 17.8. The van der Waals surface area contributed by atoms with Crippen LogP contribution in [0.25, 0.3) is 16.6 Å². The summed E-state index contributed by atoms with van der Waals surface area (Å²) in [7, 11) is 0. The van der Waals surface area contributed by atoms with E-state index in [0.29, 0.717) is 12.1 Å². The van der Waals surface area contributed by atoms with Crippen molar-refractivity contribution in [2.75, 3.05) is 13.1 Å². The van der Waals surface area contributed by atoms with Gasteiger partial charge < -0.3 is 15.6 Å². The first-order valence-corrected chi connectivity index (χ1v) is 8.17. The highest BCUT2D eigenvalue weighted by molar-refractivity contribution is 6.08. The molecule has 2 aromatic heterocycles. The van der Waals surface area contributed by atoms with E-state index in [1.165, 1.54) is 6.21 Å². The van der Waals surface area contributed by atoms with Crippen LogP contribution in [0.1, 0.15) is 32.3 Å². The molecule has 1 aliphatic heterocycles. The molecule has 0 aliphatic carbocycles. The molecule has 6 heteroatoms. The van der Waals surface area contributed by atoms with Crippen LogP contribution in [0.3, 0.4) is 0 Å². The first-order valence-electron chi connectivity index (χ1n) is 8.17. The van der Waals surface area contributed by atoms with Crippen molar-refractivity contribution in [2.24, 2.45) is 0 Å². The number of allylic oxidation sites excluding steroid dienone is 1. The van der Waals surface area contributed by atoms with Crippen LogP contribution in [0, 0.1) is 5.41 Å². The largest absolute Gasteiger partial charge is 0.388 e. The summed E-state index contributed by atoms with van der Waals surface area (Å²) in [6.45, 7) is 6.76. The van der Waals surface area contributed by atoms with Gasteiger partial charge in [-0.1, -0.05) is 0 Å². The summed E-state index contributed by atoms with van der Waals surface area (Å²) in [4.78, 5) is 6.87. The van der Waals surface area contributed by atoms with Crippen LogP contribution >= 0.6 is 0 Å². The molecule has 3 N–H and O–H groups in total. The summed E-state index contributed by atoms with van der Waals surface area (Å²) in [5, 5.41) is 18.1. The number of H-pyrrole nitrogens is 1. The van der Waals surface area contributed by atoms with Crippen LogP contribution in [-0.2, 0) is 0 Å². The number of piperidine rings is 1. The van der Waals surface area contributed by atoms with Gasteiger partial charge in [-0.15, -0.1) is 0 Å². The fraction of sp³-hybridized carbons (Fsp3) is 0.471. The van der Waals surface area contributed by atoms with Crippen molar-refractivity contribution in [3.8, 4) is 0 Å². The standard InChI is InChI=1S/C17H24N6/c1-12(2)23-5-3-15(4-6-23)19-10-14(8-18)13-7-16-17(20-9-13)11-21-22-16/h7-12,15,18-19H,3-6H2,1-2H3,(H,21,22)/b14-10+,18-8?. The van der Waals surface area contributed by atoms with E-state index in [-0.39, 0.29) is 0 Å². The molecule has 0 radical (unpaired) electrons. The number of hydrogen-bond donors (Lipinski definition) is 3. The van der Waals surface area contributed by atoms with Gasteiger partial charge in [0.05, 0.1) is 11.7 Å². The Morgan fingerprint density at radius 1 is 1.39 bits per heavy atom. The predicted octanol–water partition coefficient (Wildman–Crippen LogP) is 2.41. The highest BCUT2D eigenvalue weighted by Crippen LogP contribution is 2.17. The van der Waals surface area contributed by atoms with Crippen molar-refractivity contribution < 1.29 is 0 Å². The highest BCUT2D eigenvalue weighted by atomic mass is 15.2. The summed E-state index contributed by atoms with van der Waals surface area (Å²) >= 11 is 0. The fourth-order valence-electron chi connectivity index (χ4n) is 2.99. The lowest BCUT2D eigenvalue weighted by atomic mass is 10.0. The molecule has 23 heavy (non-hydrogen) atoms. The Labute approximate surface area is 136 Å². The van der Waals surface area contributed by atoms with Gasteiger partial charge in [0, 0.05) is 54.9 Å². The molecule has 3 rings (SSSR count). The summed E-state index contributed by atoms with van der Waals surface area (Å²) < 4.78 is 0. The van der Waals surface area contributed by atoms with Crippen LogP contribution < -0.4 is 5.32 Å². The smallest absolute Gasteiger partial charge is 0.108 e. The van der Waals surface area contributed by atoms with E-state index < -0.39 is 0 Å². The number of fused-ring (bicyclic) bond motifs is 1. The maximum Gasteiger partial charge on any atom is 0.108 e. The third kappa shape index (κ3) is 3.59. The van der Waals surface area contributed by atoms with E-state index in [4.69, 9.17) is 5.41 Å². The average Bonchev–Trinajstić information content (AvgIpc) is 3.03. The van der Waals surface area contributed by atoms with Crippen molar-refractivity contribution in [3.05, 3.63) is 30.2 Å². The van der Waals surface area contributed by atoms with Crippen molar-refractivity contribution >= 4 is 22.8 Å². The Bertz CT molecular complexity index is 694. The molecular formula is C17H24N6. The number of nitrogens with one attached hydrogen (secondary N) is 3. The quantitative estimate of drug-likeness (QED) is 0.741. The lowest BCUT2D eigenvalue weighted by molar-refractivity contribution is 0.166. The van der Waals surface area contributed by atoms with Crippen LogP contribution in [0.15, 0.2) is 24.7 Å². The zero-order valence-electron chi connectivity index (χ0n) is 13.7. The molecule has 1 aliphatic rings. The van der Waals surface area contributed by atoms with Gasteiger partial charge in [-0.25, -0.2) is 0 Å². The minimum absolute atomic E-state index is 0.476. The van der Waals surface area contributed by atoms with E-state index in [2.05, 4.69) is 39.2 Å². The third-order valence-electron chi connectivity index (χ3n) is 4.51. The van der Waals surface area contributed by atoms with Crippen molar-refractivity contribution in [1.29, 1.82) is 5.41 Å². The Balaban J connectivity index is 1.66. The van der Waals surface area contributed by atoms with Gasteiger partial charge >= 0.3 is 0 Å². The number of aromatic nitrogens is 3. The zero-order valence-corrected chi connectivity index (χ0v) is 13.7. The minimum atomic E-state index is 0.476. The number of pyridine rings is 1. The van der Waals surface area contributed by atoms with Crippen molar-refractivity contribution in [1.82, 2.24) is 25.4 Å². The molecule has 0 amide bonds. The molecule has 0 bridgehead atoms. The van der Waals surface area contributed by atoms with Gasteiger partial charge in [0.1, 0.15) is 5.52 Å². The van der Waals surface area contributed by atoms with Gasteiger partial charge in [0.25, 0.3) is 0 Å². The molecule has 0 aromatic carbocycles. The van der Waals surface area contributed by atoms with E-state index in [0.717, 1.165) is 48.1 Å². The molecule has 6 nitrogen and oxygen atoms in total. The zero-order chi connectivity index (χ0) is 16.2. The van der Waals surface area contributed by atoms with Gasteiger partial charge in [0.2, 0.25) is 0 Å². The first-order chi connectivity index (χ1) is 11.2. The summed E-state index contributed by atoms with van der Waals surface area (Å²) in [5.74, 6) is 0. The van der Waals surface area contributed by atoms with Crippen molar-refractivity contribution in [2.45, 2.75) is 38.8 Å². The van der Waals surface area contributed by atoms with E-state index >= 15 is 0 Å². The Morgan fingerprint density at radius 2 is 2.17 bits per heavy atom. The SMILES string of the molecule is CC(C)N1CCC(N/C=C(\C=N)c2cnc3cn[nH]c3c2)CC1.